The van der Waals surface area contributed by atoms with E-state index >= 15 is 0 Å². The first-order valence-corrected chi connectivity index (χ1v) is 7.44. The fourth-order valence-corrected chi connectivity index (χ4v) is 2.70. The highest BCUT2D eigenvalue weighted by Crippen LogP contribution is 2.31. The molecular formula is C18H17N3O2. The number of aromatic carboxylic acids is 1. The summed E-state index contributed by atoms with van der Waals surface area (Å²) in [5.74, 6) is -0.933. The van der Waals surface area contributed by atoms with Crippen molar-refractivity contribution >= 4 is 5.97 Å². The van der Waals surface area contributed by atoms with Crippen LogP contribution in [0.15, 0.2) is 48.7 Å². The molecule has 0 saturated carbocycles. The van der Waals surface area contributed by atoms with Gasteiger partial charge in [0.2, 0.25) is 0 Å². The minimum absolute atomic E-state index is 0.296. The van der Waals surface area contributed by atoms with E-state index in [0.717, 1.165) is 22.4 Å². The second kappa shape index (κ2) is 6.04. The van der Waals surface area contributed by atoms with Crippen molar-refractivity contribution in [3.63, 3.8) is 0 Å². The molecular weight excluding hydrogens is 290 g/mol. The van der Waals surface area contributed by atoms with Gasteiger partial charge in [-0.1, -0.05) is 35.5 Å². The summed E-state index contributed by atoms with van der Waals surface area (Å²) in [5, 5.41) is 17.5. The average Bonchev–Trinajstić information content (AvgIpc) is 3.04. The molecule has 2 aromatic carbocycles. The van der Waals surface area contributed by atoms with Gasteiger partial charge in [-0.2, -0.15) is 0 Å². The maximum absolute atomic E-state index is 11.6. The zero-order valence-electron chi connectivity index (χ0n) is 13.0. The van der Waals surface area contributed by atoms with E-state index in [1.54, 1.807) is 16.9 Å². The first-order valence-electron chi connectivity index (χ1n) is 7.44. The normalized spacial score (nSPS) is 10.7. The predicted octanol–water partition coefficient (Wildman–Crippen LogP) is 3.64. The van der Waals surface area contributed by atoms with E-state index in [2.05, 4.69) is 10.3 Å². The van der Waals surface area contributed by atoms with Crippen LogP contribution in [0.25, 0.3) is 22.4 Å². The summed E-state index contributed by atoms with van der Waals surface area (Å²) in [5.41, 5.74) is 4.53. The van der Waals surface area contributed by atoms with E-state index < -0.39 is 5.97 Å². The fraction of sp³-hybridized carbons (Fsp3) is 0.167. The van der Waals surface area contributed by atoms with Crippen molar-refractivity contribution in [2.75, 3.05) is 0 Å². The van der Waals surface area contributed by atoms with E-state index in [4.69, 9.17) is 0 Å². The predicted molar refractivity (Wildman–Crippen MR) is 88.3 cm³/mol. The molecule has 0 aliphatic carbocycles. The Balaban J connectivity index is 2.27. The Labute approximate surface area is 134 Å². The van der Waals surface area contributed by atoms with Gasteiger partial charge in [-0.25, -0.2) is 9.48 Å². The first-order chi connectivity index (χ1) is 11.1. The van der Waals surface area contributed by atoms with Gasteiger partial charge < -0.3 is 5.11 Å². The SMILES string of the molecule is CCn1nncc1-c1cc(-c2ccccc2)cc(C(=O)O)c1C. The third-order valence-electron chi connectivity index (χ3n) is 3.94. The maximum atomic E-state index is 11.6. The highest BCUT2D eigenvalue weighted by molar-refractivity contribution is 5.94. The first kappa shape index (κ1) is 15.0. The number of rotatable bonds is 4. The summed E-state index contributed by atoms with van der Waals surface area (Å²) in [6.45, 7) is 4.47. The maximum Gasteiger partial charge on any atom is 0.335 e. The molecule has 0 fully saturated rings. The summed E-state index contributed by atoms with van der Waals surface area (Å²) < 4.78 is 1.77. The van der Waals surface area contributed by atoms with Crippen LogP contribution in [0, 0.1) is 6.92 Å². The summed E-state index contributed by atoms with van der Waals surface area (Å²) in [7, 11) is 0. The van der Waals surface area contributed by atoms with Gasteiger partial charge in [0.15, 0.2) is 0 Å². The van der Waals surface area contributed by atoms with Crippen LogP contribution >= 0.6 is 0 Å². The molecule has 0 unspecified atom stereocenters. The zero-order chi connectivity index (χ0) is 16.4. The number of carbonyl (C=O) groups is 1. The average molecular weight is 307 g/mol. The lowest BCUT2D eigenvalue weighted by molar-refractivity contribution is 0.0696. The van der Waals surface area contributed by atoms with Gasteiger partial charge >= 0.3 is 5.97 Å². The molecule has 5 nitrogen and oxygen atoms in total. The molecule has 1 aromatic heterocycles. The number of hydrogen-bond donors (Lipinski definition) is 1. The molecule has 1 heterocycles. The molecule has 0 radical (unpaired) electrons. The topological polar surface area (TPSA) is 68.0 Å². The van der Waals surface area contributed by atoms with E-state index in [0.29, 0.717) is 17.7 Å². The van der Waals surface area contributed by atoms with Gasteiger partial charge in [-0.15, -0.1) is 5.10 Å². The largest absolute Gasteiger partial charge is 0.478 e. The van der Waals surface area contributed by atoms with Crippen molar-refractivity contribution in [1.29, 1.82) is 0 Å². The molecule has 116 valence electrons. The summed E-state index contributed by atoms with van der Waals surface area (Å²) in [6, 6.07) is 13.5. The standard InChI is InChI=1S/C18H17N3O2/c1-3-21-17(11-19-20-21)15-9-14(13-7-5-4-6-8-13)10-16(12(15)2)18(22)23/h4-11H,3H2,1-2H3,(H,22,23). The van der Waals surface area contributed by atoms with E-state index in [1.165, 1.54) is 0 Å². The van der Waals surface area contributed by atoms with Gasteiger partial charge in [0, 0.05) is 12.1 Å². The minimum atomic E-state index is -0.933. The van der Waals surface area contributed by atoms with Gasteiger partial charge in [-0.05, 0) is 42.7 Å². The monoisotopic (exact) mass is 307 g/mol. The summed E-state index contributed by atoms with van der Waals surface area (Å²) in [6.07, 6.45) is 1.67. The van der Waals surface area contributed by atoms with Crippen LogP contribution in [0.3, 0.4) is 0 Å². The Morgan fingerprint density at radius 3 is 2.57 bits per heavy atom. The molecule has 5 heteroatoms. The lowest BCUT2D eigenvalue weighted by Crippen LogP contribution is -2.05. The van der Waals surface area contributed by atoms with Crippen LogP contribution in [0.1, 0.15) is 22.8 Å². The number of nitrogens with zero attached hydrogens (tertiary/aromatic N) is 3. The molecule has 3 aromatic rings. The molecule has 23 heavy (non-hydrogen) atoms. The Morgan fingerprint density at radius 1 is 1.17 bits per heavy atom. The van der Waals surface area contributed by atoms with Crippen molar-refractivity contribution in [2.45, 2.75) is 20.4 Å². The third kappa shape index (κ3) is 2.73. The van der Waals surface area contributed by atoms with Crippen LogP contribution < -0.4 is 0 Å². The van der Waals surface area contributed by atoms with Crippen LogP contribution in [0.4, 0.5) is 0 Å². The number of carboxylic acids is 1. The van der Waals surface area contributed by atoms with Crippen LogP contribution in [0.2, 0.25) is 0 Å². The Hall–Kier alpha value is -2.95. The number of benzene rings is 2. The zero-order valence-corrected chi connectivity index (χ0v) is 13.0. The molecule has 0 saturated heterocycles. The smallest absolute Gasteiger partial charge is 0.335 e. The van der Waals surface area contributed by atoms with E-state index in [-0.39, 0.29) is 0 Å². The number of hydrogen-bond acceptors (Lipinski definition) is 3. The van der Waals surface area contributed by atoms with Gasteiger partial charge in [-0.3, -0.25) is 0 Å². The highest BCUT2D eigenvalue weighted by atomic mass is 16.4. The quantitative estimate of drug-likeness (QED) is 0.799. The summed E-state index contributed by atoms with van der Waals surface area (Å²) >= 11 is 0. The third-order valence-corrected chi connectivity index (χ3v) is 3.94. The van der Waals surface area contributed by atoms with E-state index in [9.17, 15) is 9.90 Å². The second-order valence-electron chi connectivity index (χ2n) is 5.30. The molecule has 0 amide bonds. The van der Waals surface area contributed by atoms with Crippen LogP contribution in [-0.2, 0) is 6.54 Å². The van der Waals surface area contributed by atoms with Crippen LogP contribution in [-0.4, -0.2) is 26.1 Å². The van der Waals surface area contributed by atoms with Gasteiger partial charge in [0.1, 0.15) is 0 Å². The Kier molecular flexibility index (Phi) is 3.93. The lowest BCUT2D eigenvalue weighted by atomic mass is 9.93. The van der Waals surface area contributed by atoms with Crippen molar-refractivity contribution in [3.8, 4) is 22.4 Å². The molecule has 0 aliphatic heterocycles. The Bertz CT molecular complexity index is 854. The molecule has 0 atom stereocenters. The van der Waals surface area contributed by atoms with Crippen molar-refractivity contribution in [1.82, 2.24) is 15.0 Å². The molecule has 0 spiro atoms. The van der Waals surface area contributed by atoms with Gasteiger partial charge in [0.25, 0.3) is 0 Å². The lowest BCUT2D eigenvalue weighted by Gasteiger charge is -2.13. The van der Waals surface area contributed by atoms with E-state index in [1.807, 2.05) is 50.2 Å². The summed E-state index contributed by atoms with van der Waals surface area (Å²) in [4.78, 5) is 11.6. The van der Waals surface area contributed by atoms with Crippen molar-refractivity contribution in [2.24, 2.45) is 0 Å². The number of carboxylic acid groups (broad SMARTS) is 1. The fourth-order valence-electron chi connectivity index (χ4n) is 2.70. The van der Waals surface area contributed by atoms with Crippen molar-refractivity contribution in [3.05, 3.63) is 59.8 Å². The van der Waals surface area contributed by atoms with Gasteiger partial charge in [0.05, 0.1) is 17.5 Å². The van der Waals surface area contributed by atoms with Crippen molar-refractivity contribution < 1.29 is 9.90 Å². The number of aryl methyl sites for hydroxylation is 1. The Morgan fingerprint density at radius 2 is 1.91 bits per heavy atom. The molecule has 0 aliphatic rings. The van der Waals surface area contributed by atoms with Crippen LogP contribution in [0.5, 0.6) is 0 Å². The molecule has 3 rings (SSSR count). The number of aromatic nitrogens is 3. The molecule has 0 bridgehead atoms. The highest BCUT2D eigenvalue weighted by Gasteiger charge is 2.17. The molecule has 1 N–H and O–H groups in total. The minimum Gasteiger partial charge on any atom is -0.478 e. The second-order valence-corrected chi connectivity index (χ2v) is 5.30.